The molecule has 1 rings (SSSR count). The molecule has 0 aromatic heterocycles. The minimum atomic E-state index is -4.12. The Morgan fingerprint density at radius 3 is 2.45 bits per heavy atom. The van der Waals surface area contributed by atoms with E-state index >= 15 is 0 Å². The fourth-order valence-corrected chi connectivity index (χ4v) is 2.95. The molecular formula is C11H12Cl2N2O6S. The van der Waals surface area contributed by atoms with Gasteiger partial charge in [0.25, 0.3) is 5.69 Å². The smallest absolute Gasteiger partial charge is 0.326 e. The van der Waals surface area contributed by atoms with Crippen molar-refractivity contribution in [3.63, 3.8) is 0 Å². The van der Waals surface area contributed by atoms with Crippen LogP contribution in [0.2, 0.25) is 0 Å². The van der Waals surface area contributed by atoms with Gasteiger partial charge in [-0.05, 0) is 18.6 Å². The van der Waals surface area contributed by atoms with Gasteiger partial charge in [-0.1, -0.05) is 30.1 Å². The van der Waals surface area contributed by atoms with Gasteiger partial charge in [0.05, 0.1) is 9.82 Å². The number of carboxylic acids is 1. The molecule has 22 heavy (non-hydrogen) atoms. The number of aliphatic carboxylic acids is 1. The second kappa shape index (κ2) is 7.12. The molecule has 0 aliphatic rings. The number of rotatable bonds is 7. The summed E-state index contributed by atoms with van der Waals surface area (Å²) in [6.07, 6.45) is 0.179. The zero-order chi connectivity index (χ0) is 17.1. The van der Waals surface area contributed by atoms with E-state index in [2.05, 4.69) is 5.32 Å². The number of benzene rings is 1. The molecule has 0 radical (unpaired) electrons. The topological polar surface area (TPSA) is 127 Å². The molecular weight excluding hydrogens is 359 g/mol. The Hall–Kier alpha value is -1.58. The molecule has 1 aromatic carbocycles. The van der Waals surface area contributed by atoms with Crippen molar-refractivity contribution in [2.75, 3.05) is 5.32 Å². The molecule has 0 amide bonds. The van der Waals surface area contributed by atoms with E-state index in [4.69, 9.17) is 28.3 Å². The first-order valence-corrected chi connectivity index (χ1v) is 8.33. The number of anilines is 1. The van der Waals surface area contributed by atoms with Gasteiger partial charge in [0, 0.05) is 6.07 Å². The number of hydrogen-bond donors (Lipinski definition) is 2. The molecule has 2 N–H and O–H groups in total. The Bertz CT molecular complexity index is 692. The van der Waals surface area contributed by atoms with Crippen LogP contribution < -0.4 is 5.32 Å². The number of carboxylic acid groups (broad SMARTS) is 1. The molecule has 0 spiro atoms. The van der Waals surface area contributed by atoms with E-state index in [1.165, 1.54) is 0 Å². The number of sulfone groups is 1. The summed E-state index contributed by atoms with van der Waals surface area (Å²) in [5.74, 6) is -1.19. The third-order valence-electron chi connectivity index (χ3n) is 2.77. The quantitative estimate of drug-likeness (QED) is 0.428. The van der Waals surface area contributed by atoms with Gasteiger partial charge in [0.2, 0.25) is 14.0 Å². The summed E-state index contributed by atoms with van der Waals surface area (Å²) in [5.41, 5.74) is -0.700. The van der Waals surface area contributed by atoms with Crippen molar-refractivity contribution >= 4 is 50.4 Å². The molecule has 1 atom stereocenters. The zero-order valence-electron chi connectivity index (χ0n) is 11.2. The minimum absolute atomic E-state index is 0.112. The van der Waals surface area contributed by atoms with Crippen molar-refractivity contribution in [1.29, 1.82) is 0 Å². The monoisotopic (exact) mass is 370 g/mol. The van der Waals surface area contributed by atoms with E-state index in [0.717, 1.165) is 18.2 Å². The van der Waals surface area contributed by atoms with Gasteiger partial charge in [-0.15, -0.1) is 0 Å². The Morgan fingerprint density at radius 2 is 2.05 bits per heavy atom. The van der Waals surface area contributed by atoms with Gasteiger partial charge in [0.1, 0.15) is 11.7 Å². The number of alkyl halides is 2. The first kappa shape index (κ1) is 18.5. The van der Waals surface area contributed by atoms with Crippen LogP contribution in [0.4, 0.5) is 11.4 Å². The van der Waals surface area contributed by atoms with Crippen molar-refractivity contribution in [3.05, 3.63) is 28.3 Å². The van der Waals surface area contributed by atoms with Crippen LogP contribution in [0.3, 0.4) is 0 Å². The van der Waals surface area contributed by atoms with Crippen molar-refractivity contribution in [1.82, 2.24) is 0 Å². The van der Waals surface area contributed by atoms with E-state index in [0.29, 0.717) is 0 Å². The third-order valence-corrected chi connectivity index (χ3v) is 5.55. The third kappa shape index (κ3) is 3.99. The van der Waals surface area contributed by atoms with Gasteiger partial charge in [-0.2, -0.15) is 0 Å². The first-order valence-electron chi connectivity index (χ1n) is 5.91. The molecule has 0 saturated carbocycles. The fraction of sp³-hybridized carbons (Fsp3) is 0.364. The lowest BCUT2D eigenvalue weighted by atomic mass is 10.2. The van der Waals surface area contributed by atoms with Crippen LogP contribution in [0.1, 0.15) is 13.3 Å². The van der Waals surface area contributed by atoms with Crippen molar-refractivity contribution in [3.8, 4) is 0 Å². The van der Waals surface area contributed by atoms with Gasteiger partial charge in [-0.25, -0.2) is 13.2 Å². The van der Waals surface area contributed by atoms with Crippen LogP contribution in [0.5, 0.6) is 0 Å². The average molecular weight is 371 g/mol. The molecule has 0 heterocycles. The number of hydrogen-bond acceptors (Lipinski definition) is 6. The second-order valence-corrected chi connectivity index (χ2v) is 7.83. The maximum absolute atomic E-state index is 11.8. The second-order valence-electron chi connectivity index (χ2n) is 4.19. The van der Waals surface area contributed by atoms with Crippen molar-refractivity contribution in [2.24, 2.45) is 0 Å². The highest BCUT2D eigenvalue weighted by atomic mass is 35.5. The van der Waals surface area contributed by atoms with Crippen LogP contribution in [0.15, 0.2) is 23.1 Å². The highest BCUT2D eigenvalue weighted by Gasteiger charge is 2.28. The van der Waals surface area contributed by atoms with Crippen LogP contribution in [0, 0.1) is 10.1 Å². The first-order chi connectivity index (χ1) is 10.1. The summed E-state index contributed by atoms with van der Waals surface area (Å²) < 4.78 is 21.8. The SMILES string of the molecule is CCC(Nc1ccc(S(=O)(=O)C(Cl)Cl)cc1[N+](=O)[O-])C(=O)O. The van der Waals surface area contributed by atoms with Crippen LogP contribution in [-0.4, -0.2) is 34.6 Å². The van der Waals surface area contributed by atoms with Gasteiger partial charge < -0.3 is 10.4 Å². The Kier molecular flexibility index (Phi) is 5.98. The minimum Gasteiger partial charge on any atom is -0.480 e. The van der Waals surface area contributed by atoms with E-state index < -0.39 is 41.5 Å². The Balaban J connectivity index is 3.33. The summed E-state index contributed by atoms with van der Waals surface area (Å²) in [6.45, 7) is 1.59. The van der Waals surface area contributed by atoms with Crippen molar-refractivity contribution in [2.45, 2.75) is 28.5 Å². The van der Waals surface area contributed by atoms with Crippen LogP contribution in [-0.2, 0) is 14.6 Å². The molecule has 0 bridgehead atoms. The molecule has 1 aromatic rings. The van der Waals surface area contributed by atoms with Gasteiger partial charge in [0.15, 0.2) is 0 Å². The summed E-state index contributed by atoms with van der Waals surface area (Å²) in [5, 5.41) is 22.5. The standard InChI is InChI=1S/C11H12Cl2N2O6S/c1-2-7(10(16)17)14-8-4-3-6(5-9(8)15(18)19)22(20,21)11(12)13/h3-5,7,11,14H,2H2,1H3,(H,16,17). The number of nitrogens with one attached hydrogen (secondary N) is 1. The normalized spacial score (nSPS) is 12.9. The molecule has 8 nitrogen and oxygen atoms in total. The number of nitrogens with zero attached hydrogens (tertiary/aromatic N) is 1. The van der Waals surface area contributed by atoms with Gasteiger partial charge in [-0.3, -0.25) is 10.1 Å². The number of halogens is 2. The lowest BCUT2D eigenvalue weighted by molar-refractivity contribution is -0.384. The summed E-state index contributed by atoms with van der Waals surface area (Å²) >= 11 is 10.7. The largest absolute Gasteiger partial charge is 0.480 e. The number of carbonyl (C=O) groups is 1. The number of nitro groups is 1. The molecule has 0 aliphatic heterocycles. The number of nitro benzene ring substituents is 1. The van der Waals surface area contributed by atoms with E-state index in [1.54, 1.807) is 6.92 Å². The predicted octanol–water partition coefficient (Wildman–Crippen LogP) is 2.40. The fourth-order valence-electron chi connectivity index (χ4n) is 1.59. The molecule has 11 heteroatoms. The van der Waals surface area contributed by atoms with E-state index in [9.17, 15) is 23.3 Å². The maximum Gasteiger partial charge on any atom is 0.326 e. The molecule has 1 unspecified atom stereocenters. The van der Waals surface area contributed by atoms with Crippen molar-refractivity contribution < 1.29 is 23.2 Å². The molecule has 0 saturated heterocycles. The lowest BCUT2D eigenvalue weighted by Gasteiger charge is -2.14. The highest BCUT2D eigenvalue weighted by Crippen LogP contribution is 2.31. The molecule has 0 fully saturated rings. The summed E-state index contributed by atoms with van der Waals surface area (Å²) in [7, 11) is -4.12. The van der Waals surface area contributed by atoms with Gasteiger partial charge >= 0.3 is 5.97 Å². The zero-order valence-corrected chi connectivity index (χ0v) is 13.5. The van der Waals surface area contributed by atoms with Crippen LogP contribution >= 0.6 is 23.2 Å². The van der Waals surface area contributed by atoms with E-state index in [-0.39, 0.29) is 12.1 Å². The molecule has 0 aliphatic carbocycles. The van der Waals surface area contributed by atoms with E-state index in [1.807, 2.05) is 0 Å². The summed E-state index contributed by atoms with van der Waals surface area (Å²) in [4.78, 5) is 20.8. The highest BCUT2D eigenvalue weighted by molar-refractivity contribution is 7.94. The average Bonchev–Trinajstić information content (AvgIpc) is 2.43. The lowest BCUT2D eigenvalue weighted by Crippen LogP contribution is -2.28. The predicted molar refractivity (Wildman–Crippen MR) is 81.1 cm³/mol. The summed E-state index contributed by atoms with van der Waals surface area (Å²) in [6, 6.07) is 1.91. The molecule has 122 valence electrons. The Morgan fingerprint density at radius 1 is 1.45 bits per heavy atom. The maximum atomic E-state index is 11.8. The Labute approximate surface area is 136 Å². The van der Waals surface area contributed by atoms with Crippen LogP contribution in [0.25, 0.3) is 0 Å².